The largest absolute Gasteiger partial charge is 0.299 e. The van der Waals surface area contributed by atoms with Gasteiger partial charge in [-0.15, -0.1) is 0 Å². The van der Waals surface area contributed by atoms with Crippen LogP contribution in [0.5, 0.6) is 0 Å². The first-order valence-corrected chi connectivity index (χ1v) is 3.17. The molecule has 0 saturated heterocycles. The molecule has 0 bridgehead atoms. The second-order valence-corrected chi connectivity index (χ2v) is 1.90. The van der Waals surface area contributed by atoms with Crippen LogP contribution < -0.4 is 5.90 Å². The molecule has 0 heterocycles. The van der Waals surface area contributed by atoms with Gasteiger partial charge in [-0.05, 0) is 0 Å². The van der Waals surface area contributed by atoms with Crippen molar-refractivity contribution in [2.75, 3.05) is 5.75 Å². The van der Waals surface area contributed by atoms with E-state index in [9.17, 15) is 4.79 Å². The summed E-state index contributed by atoms with van der Waals surface area (Å²) in [5.74, 6) is 8.02. The van der Waals surface area contributed by atoms with Gasteiger partial charge in [0, 0.05) is 18.5 Å². The molecule has 0 rings (SSSR count). The molecule has 8 heavy (non-hydrogen) atoms. The van der Waals surface area contributed by atoms with Crippen molar-refractivity contribution in [3.8, 4) is 0 Å². The number of nitrogens with zero attached hydrogens (tertiary/aromatic N) is 1. The summed E-state index contributed by atoms with van der Waals surface area (Å²) in [7, 11) is 0. The fourth-order valence-electron chi connectivity index (χ4n) is 0.194. The smallest absolute Gasteiger partial charge is 0.144 e. The number of rotatable bonds is 4. The highest BCUT2D eigenvalue weighted by Crippen LogP contribution is 1.98. The van der Waals surface area contributed by atoms with Crippen LogP contribution >= 0.6 is 12.0 Å². The van der Waals surface area contributed by atoms with Gasteiger partial charge in [0.15, 0.2) is 0 Å². The number of hydrogen-bond acceptors (Lipinski definition) is 3. The number of hydrogen-bond donors (Lipinski definition) is 0. The van der Waals surface area contributed by atoms with Crippen LogP contribution in [-0.4, -0.2) is 11.5 Å². The number of ketones is 1. The highest BCUT2D eigenvalue weighted by atomic mass is 32.2. The normalized spacial score (nSPS) is 9.25. The molecule has 0 atom stereocenters. The topological polar surface area (TPSA) is 48.6 Å². The lowest BCUT2D eigenvalue weighted by Gasteiger charge is -1.89. The molecule has 4 heteroatoms. The van der Waals surface area contributed by atoms with Gasteiger partial charge in [-0.3, -0.25) is 4.79 Å². The highest BCUT2D eigenvalue weighted by molar-refractivity contribution is 7.95. The Morgan fingerprint density at radius 2 is 2.50 bits per heavy atom. The minimum absolute atomic E-state index is 0.0732. The molecule has 0 amide bonds. The zero-order chi connectivity index (χ0) is 6.41. The van der Waals surface area contributed by atoms with Crippen LogP contribution in [0.25, 0.3) is 0 Å². The lowest BCUT2D eigenvalue weighted by molar-refractivity contribution is -0.116. The first-order valence-electron chi connectivity index (χ1n) is 2.26. The van der Waals surface area contributed by atoms with Crippen molar-refractivity contribution in [3.05, 3.63) is 0 Å². The van der Waals surface area contributed by atoms with Gasteiger partial charge in [0.05, 0.1) is 11.6 Å². The predicted octanol–water partition coefficient (Wildman–Crippen LogP) is 0.614. The van der Waals surface area contributed by atoms with Gasteiger partial charge in [-0.25, -0.2) is 0 Å². The van der Waals surface area contributed by atoms with Crippen LogP contribution in [0.4, 0.5) is 0 Å². The Morgan fingerprint density at radius 3 is 2.88 bits per heavy atom. The molecule has 2 radical (unpaired) electrons. The van der Waals surface area contributed by atoms with E-state index >= 15 is 0 Å². The zero-order valence-corrected chi connectivity index (χ0v) is 5.40. The van der Waals surface area contributed by atoms with Gasteiger partial charge in [0.1, 0.15) is 5.78 Å². The third-order valence-electron chi connectivity index (χ3n) is 0.667. The summed E-state index contributed by atoms with van der Waals surface area (Å²) in [6.07, 6.45) is 0.496. The Morgan fingerprint density at radius 1 is 1.88 bits per heavy atom. The summed E-state index contributed by atoms with van der Waals surface area (Å²) < 4.78 is 3.61. The van der Waals surface area contributed by atoms with Gasteiger partial charge >= 0.3 is 0 Å². The van der Waals surface area contributed by atoms with E-state index in [4.69, 9.17) is 5.90 Å². The van der Waals surface area contributed by atoms with E-state index in [-0.39, 0.29) is 11.5 Å². The summed E-state index contributed by atoms with van der Waals surface area (Å²) in [4.78, 5) is 10.4. The van der Waals surface area contributed by atoms with Crippen molar-refractivity contribution in [2.45, 2.75) is 13.3 Å². The Bertz CT molecular complexity index is 76.4. The lowest BCUT2D eigenvalue weighted by Crippen LogP contribution is -1.98. The third-order valence-corrected chi connectivity index (χ3v) is 1.21. The van der Waals surface area contributed by atoms with Crippen molar-refractivity contribution < 1.29 is 9.08 Å². The van der Waals surface area contributed by atoms with Crippen LogP contribution in [0.1, 0.15) is 13.3 Å². The summed E-state index contributed by atoms with van der Waals surface area (Å²) in [6.45, 7) is 1.76. The van der Waals surface area contributed by atoms with Crippen molar-refractivity contribution in [2.24, 2.45) is 0 Å². The van der Waals surface area contributed by atoms with Crippen molar-refractivity contribution in [3.63, 3.8) is 0 Å². The summed E-state index contributed by atoms with van der Waals surface area (Å²) in [5, 5.41) is 0. The highest BCUT2D eigenvalue weighted by Gasteiger charge is 1.96. The molecule has 0 N–H and O–H groups in total. The molecular weight excluding hydrogens is 126 g/mol. The maximum absolute atomic E-state index is 10.4. The molecule has 46 valence electrons. The maximum atomic E-state index is 10.4. The number of Topliss-reactive ketones (excluding diaryl/α,β-unsaturated/α-hetero) is 1. The van der Waals surface area contributed by atoms with Crippen molar-refractivity contribution in [1.82, 2.24) is 5.90 Å². The maximum Gasteiger partial charge on any atom is 0.144 e. The van der Waals surface area contributed by atoms with E-state index in [0.717, 1.165) is 12.0 Å². The Kier molecular flexibility index (Phi) is 5.05. The van der Waals surface area contributed by atoms with E-state index in [1.807, 2.05) is 0 Å². The predicted molar refractivity (Wildman–Crippen MR) is 31.0 cm³/mol. The Labute approximate surface area is 52.7 Å². The van der Waals surface area contributed by atoms with Gasteiger partial charge in [-0.2, -0.15) is 4.28 Å². The summed E-state index contributed by atoms with van der Waals surface area (Å²) in [6, 6.07) is 0. The molecule has 0 unspecified atom stereocenters. The van der Waals surface area contributed by atoms with Crippen LogP contribution in [0.3, 0.4) is 0 Å². The fourth-order valence-corrected chi connectivity index (χ4v) is 0.582. The van der Waals surface area contributed by atoms with Crippen LogP contribution in [0.2, 0.25) is 0 Å². The van der Waals surface area contributed by atoms with Gasteiger partial charge in [0.2, 0.25) is 0 Å². The SMILES string of the molecule is CCC(=O)CSO[N]. The van der Waals surface area contributed by atoms with E-state index in [2.05, 4.69) is 4.28 Å². The van der Waals surface area contributed by atoms with E-state index in [1.54, 1.807) is 6.92 Å². The van der Waals surface area contributed by atoms with Gasteiger partial charge < -0.3 is 0 Å². The Balaban J connectivity index is 2.99. The summed E-state index contributed by atoms with van der Waals surface area (Å²) in [5.41, 5.74) is 0. The fraction of sp³-hybridized carbons (Fsp3) is 0.750. The minimum atomic E-state index is 0.0732. The number of carbonyl (C=O) groups is 1. The van der Waals surface area contributed by atoms with E-state index < -0.39 is 0 Å². The second-order valence-electron chi connectivity index (χ2n) is 1.23. The average Bonchev–Trinajstić information content (AvgIpc) is 1.83. The first-order chi connectivity index (χ1) is 3.81. The number of carbonyl (C=O) groups excluding carboxylic acids is 1. The lowest BCUT2D eigenvalue weighted by atomic mass is 10.4. The van der Waals surface area contributed by atoms with Crippen LogP contribution in [-0.2, 0) is 9.08 Å². The van der Waals surface area contributed by atoms with Gasteiger partial charge in [-0.1, -0.05) is 6.92 Å². The first kappa shape index (κ1) is 7.94. The standard InChI is InChI=1S/C4H7NO2S/c1-2-4(6)3-8-7-5/h2-3H2,1H3. The molecule has 3 nitrogen and oxygen atoms in total. The third kappa shape index (κ3) is 4.11. The van der Waals surface area contributed by atoms with E-state index in [1.165, 1.54) is 0 Å². The van der Waals surface area contributed by atoms with Crippen molar-refractivity contribution in [1.29, 1.82) is 0 Å². The molecule has 0 saturated carbocycles. The molecule has 0 aromatic rings. The van der Waals surface area contributed by atoms with Crippen LogP contribution in [0, 0.1) is 0 Å². The van der Waals surface area contributed by atoms with Crippen LogP contribution in [0.15, 0.2) is 0 Å². The zero-order valence-electron chi connectivity index (χ0n) is 4.59. The van der Waals surface area contributed by atoms with Gasteiger partial charge in [0.25, 0.3) is 0 Å². The monoisotopic (exact) mass is 133 g/mol. The molecule has 0 aliphatic carbocycles. The molecule has 0 spiro atoms. The quantitative estimate of drug-likeness (QED) is 0.417. The molecular formula is C4H7NO2S. The summed E-state index contributed by atoms with van der Waals surface area (Å²) >= 11 is 0.747. The van der Waals surface area contributed by atoms with Crippen molar-refractivity contribution >= 4 is 17.8 Å². The molecule has 0 fully saturated rings. The molecule has 0 aromatic carbocycles. The Hall–Kier alpha value is -0.0600. The average molecular weight is 133 g/mol. The second kappa shape index (κ2) is 5.08. The minimum Gasteiger partial charge on any atom is -0.299 e. The molecule has 0 aromatic heterocycles. The van der Waals surface area contributed by atoms with E-state index in [0.29, 0.717) is 6.42 Å². The molecule has 0 aliphatic rings. The molecule has 0 aliphatic heterocycles.